The Morgan fingerprint density at radius 2 is 1.67 bits per heavy atom. The van der Waals surface area contributed by atoms with Gasteiger partial charge >= 0.3 is 0 Å². The zero-order valence-electron chi connectivity index (χ0n) is 13.9. The standard InChI is InChI=1S/C19H21FN2O2/c1-3-22(18-10-6-16(20)7-11-18)13-12-19(24)21-17-8-4-15(5-9-17)14(2)23/h4-11H,3,12-13H2,1-2H3,(H,21,24). The van der Waals surface area contributed by atoms with Crippen molar-refractivity contribution in [3.8, 4) is 0 Å². The molecule has 2 aromatic carbocycles. The third-order valence-corrected chi connectivity index (χ3v) is 3.76. The van der Waals surface area contributed by atoms with Gasteiger partial charge in [0.2, 0.25) is 5.91 Å². The van der Waals surface area contributed by atoms with E-state index in [-0.39, 0.29) is 17.5 Å². The summed E-state index contributed by atoms with van der Waals surface area (Å²) >= 11 is 0. The predicted molar refractivity (Wildman–Crippen MR) is 94.0 cm³/mol. The number of carbonyl (C=O) groups is 2. The molecule has 0 unspecified atom stereocenters. The Bertz CT molecular complexity index is 696. The number of nitrogens with zero attached hydrogens (tertiary/aromatic N) is 1. The average molecular weight is 328 g/mol. The molecule has 0 atom stereocenters. The Morgan fingerprint density at radius 3 is 2.21 bits per heavy atom. The highest BCUT2D eigenvalue weighted by Crippen LogP contribution is 2.15. The molecule has 0 heterocycles. The summed E-state index contributed by atoms with van der Waals surface area (Å²) in [7, 11) is 0. The van der Waals surface area contributed by atoms with Gasteiger partial charge in [0.15, 0.2) is 5.78 Å². The molecule has 126 valence electrons. The van der Waals surface area contributed by atoms with Gasteiger partial charge in [-0.15, -0.1) is 0 Å². The molecule has 4 nitrogen and oxygen atoms in total. The number of hydrogen-bond acceptors (Lipinski definition) is 3. The Morgan fingerprint density at radius 1 is 1.04 bits per heavy atom. The first-order chi connectivity index (χ1) is 11.5. The lowest BCUT2D eigenvalue weighted by molar-refractivity contribution is -0.116. The summed E-state index contributed by atoms with van der Waals surface area (Å²) in [6.45, 7) is 4.76. The fraction of sp³-hybridized carbons (Fsp3) is 0.263. The smallest absolute Gasteiger partial charge is 0.226 e. The maximum Gasteiger partial charge on any atom is 0.226 e. The second-order valence-electron chi connectivity index (χ2n) is 5.49. The monoisotopic (exact) mass is 328 g/mol. The minimum atomic E-state index is -0.276. The second-order valence-corrected chi connectivity index (χ2v) is 5.49. The van der Waals surface area contributed by atoms with Gasteiger partial charge in [0.25, 0.3) is 0 Å². The van der Waals surface area contributed by atoms with Crippen molar-refractivity contribution in [3.05, 3.63) is 59.9 Å². The number of carbonyl (C=O) groups excluding carboxylic acids is 2. The molecule has 0 aromatic heterocycles. The molecule has 0 bridgehead atoms. The number of hydrogen-bond donors (Lipinski definition) is 1. The molecule has 0 radical (unpaired) electrons. The van der Waals surface area contributed by atoms with Gasteiger partial charge in [0.1, 0.15) is 5.82 Å². The van der Waals surface area contributed by atoms with Crippen molar-refractivity contribution in [1.82, 2.24) is 0 Å². The predicted octanol–water partition coefficient (Wildman–Crippen LogP) is 3.88. The van der Waals surface area contributed by atoms with Gasteiger partial charge < -0.3 is 10.2 Å². The molecular formula is C19H21FN2O2. The molecular weight excluding hydrogens is 307 g/mol. The molecule has 2 rings (SSSR count). The molecule has 1 amide bonds. The van der Waals surface area contributed by atoms with Gasteiger partial charge in [0, 0.05) is 36.4 Å². The number of anilines is 2. The van der Waals surface area contributed by atoms with E-state index in [0.29, 0.717) is 24.2 Å². The van der Waals surface area contributed by atoms with E-state index in [0.717, 1.165) is 12.2 Å². The number of benzene rings is 2. The number of nitrogens with one attached hydrogen (secondary N) is 1. The summed E-state index contributed by atoms with van der Waals surface area (Å²) in [6, 6.07) is 13.0. The lowest BCUT2D eigenvalue weighted by Gasteiger charge is -2.22. The van der Waals surface area contributed by atoms with Crippen molar-refractivity contribution in [2.45, 2.75) is 20.3 Å². The van der Waals surface area contributed by atoms with Crippen LogP contribution >= 0.6 is 0 Å². The van der Waals surface area contributed by atoms with E-state index in [1.54, 1.807) is 36.4 Å². The third kappa shape index (κ3) is 4.91. The maximum absolute atomic E-state index is 13.0. The zero-order chi connectivity index (χ0) is 17.5. The molecule has 24 heavy (non-hydrogen) atoms. The van der Waals surface area contributed by atoms with Crippen LogP contribution in [0, 0.1) is 5.82 Å². The van der Waals surface area contributed by atoms with E-state index in [9.17, 15) is 14.0 Å². The Balaban J connectivity index is 1.89. The number of ketones is 1. The SMILES string of the molecule is CCN(CCC(=O)Nc1ccc(C(C)=O)cc1)c1ccc(F)cc1. The second kappa shape index (κ2) is 8.24. The Hall–Kier alpha value is -2.69. The van der Waals surface area contributed by atoms with Crippen molar-refractivity contribution >= 4 is 23.1 Å². The van der Waals surface area contributed by atoms with E-state index in [1.807, 2.05) is 11.8 Å². The van der Waals surface area contributed by atoms with Crippen LogP contribution in [0.5, 0.6) is 0 Å². The summed E-state index contributed by atoms with van der Waals surface area (Å²) in [4.78, 5) is 25.3. The first-order valence-electron chi connectivity index (χ1n) is 7.91. The van der Waals surface area contributed by atoms with Crippen molar-refractivity contribution in [2.75, 3.05) is 23.3 Å². The highest BCUT2D eigenvalue weighted by atomic mass is 19.1. The van der Waals surface area contributed by atoms with Crippen LogP contribution in [0.25, 0.3) is 0 Å². The van der Waals surface area contributed by atoms with E-state index < -0.39 is 0 Å². The van der Waals surface area contributed by atoms with Crippen LogP contribution in [0.15, 0.2) is 48.5 Å². The van der Waals surface area contributed by atoms with Gasteiger partial charge in [-0.2, -0.15) is 0 Å². The minimum Gasteiger partial charge on any atom is -0.371 e. The number of rotatable bonds is 7. The summed E-state index contributed by atoms with van der Waals surface area (Å²) in [5, 5.41) is 2.81. The van der Waals surface area contributed by atoms with Crippen molar-refractivity contribution < 1.29 is 14.0 Å². The molecule has 5 heteroatoms. The van der Waals surface area contributed by atoms with E-state index >= 15 is 0 Å². The van der Waals surface area contributed by atoms with Gasteiger partial charge in [-0.05, 0) is 62.4 Å². The van der Waals surface area contributed by atoms with Crippen LogP contribution in [-0.2, 0) is 4.79 Å². The zero-order valence-corrected chi connectivity index (χ0v) is 13.9. The third-order valence-electron chi connectivity index (χ3n) is 3.76. The molecule has 0 aliphatic heterocycles. The van der Waals surface area contributed by atoms with Crippen LogP contribution in [0.4, 0.5) is 15.8 Å². The minimum absolute atomic E-state index is 0.00855. The molecule has 1 N–H and O–H groups in total. The topological polar surface area (TPSA) is 49.4 Å². The molecule has 0 saturated carbocycles. The van der Waals surface area contributed by atoms with E-state index in [1.165, 1.54) is 19.1 Å². The van der Waals surface area contributed by atoms with E-state index in [2.05, 4.69) is 5.32 Å². The highest BCUT2D eigenvalue weighted by Gasteiger charge is 2.09. The van der Waals surface area contributed by atoms with Gasteiger partial charge in [-0.25, -0.2) is 4.39 Å². The summed E-state index contributed by atoms with van der Waals surface area (Å²) in [6.07, 6.45) is 0.319. The maximum atomic E-state index is 13.0. The summed E-state index contributed by atoms with van der Waals surface area (Å²) < 4.78 is 13.0. The van der Waals surface area contributed by atoms with Crippen LogP contribution in [0.1, 0.15) is 30.6 Å². The van der Waals surface area contributed by atoms with Crippen LogP contribution < -0.4 is 10.2 Å². The lowest BCUT2D eigenvalue weighted by atomic mass is 10.1. The molecule has 0 aliphatic rings. The Kier molecular flexibility index (Phi) is 6.07. The number of halogens is 1. The van der Waals surface area contributed by atoms with Crippen LogP contribution in [0.2, 0.25) is 0 Å². The first-order valence-corrected chi connectivity index (χ1v) is 7.91. The van der Waals surface area contributed by atoms with Crippen molar-refractivity contribution in [3.63, 3.8) is 0 Å². The van der Waals surface area contributed by atoms with Crippen molar-refractivity contribution in [2.24, 2.45) is 0 Å². The lowest BCUT2D eigenvalue weighted by Crippen LogP contribution is -2.27. The molecule has 0 spiro atoms. The summed E-state index contributed by atoms with van der Waals surface area (Å²) in [5.41, 5.74) is 2.16. The van der Waals surface area contributed by atoms with E-state index in [4.69, 9.17) is 0 Å². The number of Topliss-reactive ketones (excluding diaryl/α,β-unsaturated/α-hetero) is 1. The Labute approximate surface area is 141 Å². The van der Waals surface area contributed by atoms with Gasteiger partial charge in [0.05, 0.1) is 0 Å². The highest BCUT2D eigenvalue weighted by molar-refractivity contribution is 5.95. The van der Waals surface area contributed by atoms with Gasteiger partial charge in [-0.3, -0.25) is 9.59 Å². The summed E-state index contributed by atoms with van der Waals surface area (Å²) in [5.74, 6) is -0.390. The fourth-order valence-corrected chi connectivity index (χ4v) is 2.37. The largest absolute Gasteiger partial charge is 0.371 e. The van der Waals surface area contributed by atoms with Crippen LogP contribution in [0.3, 0.4) is 0 Å². The molecule has 0 aliphatic carbocycles. The average Bonchev–Trinajstić information content (AvgIpc) is 2.57. The van der Waals surface area contributed by atoms with Crippen LogP contribution in [-0.4, -0.2) is 24.8 Å². The molecule has 2 aromatic rings. The first kappa shape index (κ1) is 17.7. The quantitative estimate of drug-likeness (QED) is 0.785. The molecule has 0 fully saturated rings. The number of amides is 1. The fourth-order valence-electron chi connectivity index (χ4n) is 2.37. The normalized spacial score (nSPS) is 10.3. The van der Waals surface area contributed by atoms with Crippen molar-refractivity contribution in [1.29, 1.82) is 0 Å². The van der Waals surface area contributed by atoms with Gasteiger partial charge in [-0.1, -0.05) is 0 Å². The molecule has 0 saturated heterocycles.